The molecule has 0 aliphatic carbocycles. The number of aliphatic hydroxyl groups excluding tert-OH is 2. The number of nitrogens with zero attached hydrogens (tertiary/aromatic N) is 1. The molecule has 1 rings (SSSR count). The van der Waals surface area contributed by atoms with Gasteiger partial charge in [0.25, 0.3) is 0 Å². The van der Waals surface area contributed by atoms with Crippen molar-refractivity contribution in [3.8, 4) is 0 Å². The summed E-state index contributed by atoms with van der Waals surface area (Å²) in [5.74, 6) is 2.34. The molecule has 0 aliphatic rings. The number of pyridine rings is 1. The van der Waals surface area contributed by atoms with Crippen LogP contribution in [0, 0.1) is 0 Å². The van der Waals surface area contributed by atoms with Gasteiger partial charge in [-0.3, -0.25) is 0 Å². The first-order chi connectivity index (χ1) is 33.8. The highest BCUT2D eigenvalue weighted by atomic mass is 33.5. The number of aliphatic hydroxyl groups is 2. The van der Waals surface area contributed by atoms with Crippen LogP contribution >= 0.6 is 55.8 Å². The lowest BCUT2D eigenvalue weighted by atomic mass is 10.3. The minimum Gasteiger partial charge on any atom is -0.396 e. The molecule has 2 N–H and O–H groups in total. The molecule has 0 unspecified atom stereocenters. The predicted molar refractivity (Wildman–Crippen MR) is 440 cm³/mol. The molecule has 70 heavy (non-hydrogen) atoms. The summed E-state index contributed by atoms with van der Waals surface area (Å²) in [4.78, 5) is 4.21. The molecule has 47 heteroatoms. The van der Waals surface area contributed by atoms with Gasteiger partial charge in [0.05, 0.1) is 0 Å². The summed E-state index contributed by atoms with van der Waals surface area (Å²) in [6.45, 7) is 13.5. The topological polar surface area (TPSA) is 53.4 Å². The first-order valence-electron chi connectivity index (χ1n) is 17.1. The summed E-state index contributed by atoms with van der Waals surface area (Å²) >= 11 is 23.1. The number of thiol groups is 1. The average Bonchev–Trinajstić information content (AvgIpc) is 3.32. The van der Waals surface area contributed by atoms with Gasteiger partial charge in [0, 0.05) is 396 Å². The smallest absolute Gasteiger partial charge is 0.106 e. The van der Waals surface area contributed by atoms with Gasteiger partial charge < -0.3 is 10.2 Å². The van der Waals surface area contributed by atoms with E-state index >= 15 is 0 Å². The van der Waals surface area contributed by atoms with Crippen LogP contribution in [0.15, 0.2) is 29.4 Å². The fourth-order valence-electron chi connectivity index (χ4n) is 1.97. The summed E-state index contributed by atoms with van der Waals surface area (Å²) in [5, 5.41) is 18.2. The van der Waals surface area contributed by atoms with Crippen LogP contribution in [0.25, 0.3) is 0 Å². The van der Waals surface area contributed by atoms with E-state index in [9.17, 15) is 0 Å². The lowest BCUT2D eigenvalue weighted by Crippen LogP contribution is -2.04. The van der Waals surface area contributed by atoms with Crippen molar-refractivity contribution in [2.24, 2.45) is 0 Å². The Balaban J connectivity index is -0.000000407. The first kappa shape index (κ1) is 85.8. The fraction of sp³-hybridized carbons (Fsp3) is 0.783. The Kier molecular flexibility index (Phi) is 93.7. The Morgan fingerprint density at radius 2 is 0.686 bits per heavy atom. The van der Waals surface area contributed by atoms with Crippen molar-refractivity contribution in [3.63, 3.8) is 0 Å². The van der Waals surface area contributed by atoms with E-state index in [0.29, 0.717) is 18.0 Å². The molecule has 0 radical (unpaired) electrons. The van der Waals surface area contributed by atoms with Crippen molar-refractivity contribution in [3.05, 3.63) is 24.4 Å². The van der Waals surface area contributed by atoms with Crippen LogP contribution in [0.3, 0.4) is 0 Å². The normalized spacial score (nSPS) is 9.10. The van der Waals surface area contributed by atoms with E-state index < -0.39 is 0 Å². The third-order valence-electron chi connectivity index (χ3n) is 3.78. The van der Waals surface area contributed by atoms with Crippen LogP contribution in [0.4, 0.5) is 0 Å². The molecule has 0 bridgehead atoms. The molecule has 0 aliphatic heterocycles. The number of aromatic nitrogens is 1. The molecule has 1 heterocycles. The zero-order valence-electron chi connectivity index (χ0n) is 36.2. The molecule has 0 spiro atoms. The molecule has 418 valence electrons. The molecule has 0 amide bonds. The van der Waals surface area contributed by atoms with Gasteiger partial charge in [0.15, 0.2) is 0 Å². The second-order valence-electron chi connectivity index (χ2n) is 11.2. The standard InChI is InChI=1S/C10H15NOS2.C9H20OS2.C4H10S.S20.S19/c12-8-4-1-5-9-13-14-10-6-2-3-7-11-10;1-9(2,3)12-11-8-6-4-5-7-10;1-4(2,3)5;1-3-5-7-9-11-13-15-17-19-20-18-16-14-12-10-8-6-4-2;1-3-5-7-9-11-13-15-17-19-18-16-14-12-10-8-6-4-2/h2-3,6-7,12H,1,4-5,8-9H2;10H,4-8H2,1-3H3;5H,1-3H3;;. The van der Waals surface area contributed by atoms with E-state index in [2.05, 4.69) is 59.2 Å². The summed E-state index contributed by atoms with van der Waals surface area (Å²) < 4.78 is 0.571. The summed E-state index contributed by atoms with van der Waals surface area (Å²) in [6.07, 6.45) is 8.38. The van der Waals surface area contributed by atoms with Crippen LogP contribution < -0.4 is 0 Å². The van der Waals surface area contributed by atoms with Crippen LogP contribution in [-0.2, 0) is 356 Å². The van der Waals surface area contributed by atoms with Crippen LogP contribution in [0.1, 0.15) is 80.1 Å². The Hall–Kier alpha value is 9.40. The molecule has 1 aromatic heterocycles. The maximum Gasteiger partial charge on any atom is 0.106 e. The Morgan fingerprint density at radius 1 is 0.414 bits per heavy atom. The van der Waals surface area contributed by atoms with E-state index in [1.165, 1.54) is 54.1 Å². The number of hydrogen-bond donors (Lipinski definition) is 3. The van der Waals surface area contributed by atoms with Crippen molar-refractivity contribution in [2.45, 2.75) is 94.6 Å². The van der Waals surface area contributed by atoms with Crippen LogP contribution in [0.2, 0.25) is 0 Å². The molecule has 0 atom stereocenters. The summed E-state index contributed by atoms with van der Waals surface area (Å²) in [5.41, 5.74) is 0. The van der Waals surface area contributed by atoms with E-state index in [-0.39, 0.29) is 4.75 Å². The van der Waals surface area contributed by atoms with Gasteiger partial charge in [-0.05, 0) is 48.6 Å². The molecule has 0 saturated carbocycles. The quantitative estimate of drug-likeness (QED) is 0.103. The number of hydrogen-bond acceptors (Lipinski definition) is 12. The van der Waals surface area contributed by atoms with Crippen molar-refractivity contribution in [1.82, 2.24) is 4.98 Å². The van der Waals surface area contributed by atoms with Crippen molar-refractivity contribution in [2.75, 3.05) is 24.7 Å². The zero-order chi connectivity index (χ0) is 52.8. The van der Waals surface area contributed by atoms with Crippen molar-refractivity contribution < 1.29 is 10.2 Å². The van der Waals surface area contributed by atoms with E-state index in [1.807, 2.05) is 56.8 Å². The van der Waals surface area contributed by atoms with Gasteiger partial charge in [-0.15, -0.1) is 0 Å². The summed E-state index contributed by atoms with van der Waals surface area (Å²) in [6, 6.07) is 5.95. The predicted octanol–water partition coefficient (Wildman–Crippen LogP) is 7.93. The van der Waals surface area contributed by atoms with Gasteiger partial charge in [-0.1, -0.05) is 92.8 Å². The number of rotatable bonds is 13. The first-order valence-corrected chi connectivity index (χ1v) is 71.5. The molecular weight excluding hydrogens is 1730 g/mol. The largest absolute Gasteiger partial charge is 0.396 e. The molecule has 1 aromatic rings. The molecule has 0 fully saturated rings. The zero-order valence-corrected chi connectivity index (χ0v) is 72.2. The second-order valence-corrected chi connectivity index (χ2v) is 80.1. The minimum absolute atomic E-state index is 0.194. The molecule has 0 aromatic carbocycles. The maximum atomic E-state index is 8.58. The third kappa shape index (κ3) is 99.5. The highest BCUT2D eigenvalue weighted by Crippen LogP contribution is 2.35. The Bertz CT molecular complexity index is 3030. The van der Waals surface area contributed by atoms with Gasteiger partial charge >= 0.3 is 0 Å². The van der Waals surface area contributed by atoms with E-state index in [0.717, 1.165) is 36.5 Å². The van der Waals surface area contributed by atoms with Crippen molar-refractivity contribution >= 4 is 411 Å². The van der Waals surface area contributed by atoms with Crippen LogP contribution in [-0.4, -0.2) is 49.4 Å². The summed E-state index contributed by atoms with van der Waals surface area (Å²) in [7, 11) is 67.3. The Labute approximate surface area is 557 Å². The third-order valence-corrected chi connectivity index (χ3v) is 82.9. The SMILES string of the molecule is CC(C)(C)S.CC(C)(C)SSCCCCCO.OCCCCCSSc1ccccn1.S=S=S=S=S=S=S=S=S=S=S=S=S=S=S=S=S=S=S.S=S=S=S=S=S=S=S=S=S=S=S=S=S=S=S=S=S=S=S. The minimum atomic E-state index is 0.194. The number of unbranched alkanes of at least 4 members (excludes halogenated alkanes) is 4. The molecule has 0 saturated heterocycles. The lowest BCUT2D eigenvalue weighted by molar-refractivity contribution is 0.284. The average molecular weight is 1780 g/mol. The fourth-order valence-corrected chi connectivity index (χ4v) is 91.5. The van der Waals surface area contributed by atoms with Gasteiger partial charge in [0.1, 0.15) is 5.03 Å². The highest BCUT2D eigenvalue weighted by molar-refractivity contribution is 8.80. The van der Waals surface area contributed by atoms with Crippen molar-refractivity contribution in [1.29, 1.82) is 0 Å². The van der Waals surface area contributed by atoms with Gasteiger partial charge in [-0.25, -0.2) is 4.98 Å². The second kappa shape index (κ2) is 76.4. The van der Waals surface area contributed by atoms with E-state index in [4.69, 9.17) is 55.0 Å². The van der Waals surface area contributed by atoms with E-state index in [1.54, 1.807) is 286 Å². The lowest BCUT2D eigenvalue weighted by Gasteiger charge is -2.15. The van der Waals surface area contributed by atoms with Crippen LogP contribution in [0.5, 0.6) is 0 Å². The van der Waals surface area contributed by atoms with Gasteiger partial charge in [0.2, 0.25) is 0 Å². The molecular formula is C23H45NO2S44. The highest BCUT2D eigenvalue weighted by Gasteiger charge is 2.10. The Morgan fingerprint density at radius 3 is 0.914 bits per heavy atom. The molecule has 3 nitrogen and oxygen atoms in total. The van der Waals surface area contributed by atoms with Gasteiger partial charge in [-0.2, -0.15) is 12.6 Å². The monoisotopic (exact) mass is 1770 g/mol. The maximum absolute atomic E-state index is 8.58.